The molecule has 0 amide bonds. The van der Waals surface area contributed by atoms with Crippen LogP contribution in [0.3, 0.4) is 0 Å². The topological polar surface area (TPSA) is 55.7 Å². The molecule has 0 heterocycles. The van der Waals surface area contributed by atoms with Gasteiger partial charge in [-0.2, -0.15) is 0 Å². The fourth-order valence-electron chi connectivity index (χ4n) is 2.24. The van der Waals surface area contributed by atoms with E-state index in [1.165, 1.54) is 0 Å². The highest BCUT2D eigenvalue weighted by Gasteiger charge is 2.19. The first kappa shape index (κ1) is 14.4. The molecule has 0 bridgehead atoms. The van der Waals surface area contributed by atoms with E-state index in [0.29, 0.717) is 18.6 Å². The Balaban J connectivity index is 1.99. The molecule has 1 aliphatic rings. The van der Waals surface area contributed by atoms with Gasteiger partial charge in [0.25, 0.3) is 0 Å². The largest absolute Gasteiger partial charge is 0.462 e. The van der Waals surface area contributed by atoms with Gasteiger partial charge in [0.1, 0.15) is 5.78 Å². The van der Waals surface area contributed by atoms with Gasteiger partial charge in [-0.1, -0.05) is 6.42 Å². The zero-order chi connectivity index (χ0) is 14.4. The summed E-state index contributed by atoms with van der Waals surface area (Å²) in [5.74, 6) is -0.0953. The number of ether oxygens (including phenoxy) is 1. The average Bonchev–Trinajstić information content (AvgIpc) is 2.47. The van der Waals surface area contributed by atoms with Crippen LogP contribution in [0.4, 0.5) is 5.69 Å². The average molecular weight is 273 g/mol. The summed E-state index contributed by atoms with van der Waals surface area (Å²) in [5.41, 5.74) is 1.26. The third-order valence-corrected chi connectivity index (χ3v) is 3.38. The molecule has 0 aliphatic heterocycles. The third-order valence-electron chi connectivity index (χ3n) is 3.38. The predicted octanol–water partition coefficient (Wildman–Crippen LogP) is 3.32. The van der Waals surface area contributed by atoms with Gasteiger partial charge in [-0.3, -0.25) is 9.79 Å². The molecule has 1 fully saturated rings. The van der Waals surface area contributed by atoms with E-state index < -0.39 is 0 Å². The second-order valence-corrected chi connectivity index (χ2v) is 4.86. The molecule has 1 saturated carbocycles. The summed E-state index contributed by atoms with van der Waals surface area (Å²) < 4.78 is 4.91. The molecule has 1 aliphatic carbocycles. The molecule has 4 nitrogen and oxygen atoms in total. The number of benzene rings is 1. The van der Waals surface area contributed by atoms with Gasteiger partial charge in [0.2, 0.25) is 0 Å². The van der Waals surface area contributed by atoms with Gasteiger partial charge >= 0.3 is 5.97 Å². The van der Waals surface area contributed by atoms with Crippen molar-refractivity contribution in [2.45, 2.75) is 32.6 Å². The lowest BCUT2D eigenvalue weighted by atomic mass is 9.89. The van der Waals surface area contributed by atoms with Crippen LogP contribution in [-0.2, 0) is 9.53 Å². The van der Waals surface area contributed by atoms with E-state index in [0.717, 1.165) is 24.9 Å². The van der Waals surface area contributed by atoms with Crippen molar-refractivity contribution in [3.8, 4) is 0 Å². The fraction of sp³-hybridized carbons (Fsp3) is 0.438. The Morgan fingerprint density at radius 1 is 1.35 bits per heavy atom. The second-order valence-electron chi connectivity index (χ2n) is 4.86. The van der Waals surface area contributed by atoms with E-state index in [4.69, 9.17) is 4.74 Å². The maximum atomic E-state index is 11.7. The van der Waals surface area contributed by atoms with Crippen molar-refractivity contribution >= 4 is 23.7 Å². The van der Waals surface area contributed by atoms with Crippen LogP contribution in [0.15, 0.2) is 29.3 Å². The Bertz CT molecular complexity index is 505. The molecular weight excluding hydrogens is 254 g/mol. The summed E-state index contributed by atoms with van der Waals surface area (Å²) in [5, 5.41) is 0. The summed E-state index contributed by atoms with van der Waals surface area (Å²) in [6, 6.07) is 6.90. The quantitative estimate of drug-likeness (QED) is 0.624. The number of Topliss-reactive ketones (excluding diaryl/α,β-unsaturated/α-hetero) is 1. The second kappa shape index (κ2) is 6.98. The zero-order valence-electron chi connectivity index (χ0n) is 11.7. The first-order valence-electron chi connectivity index (χ1n) is 7.05. The highest BCUT2D eigenvalue weighted by atomic mass is 16.5. The van der Waals surface area contributed by atoms with Gasteiger partial charge < -0.3 is 4.74 Å². The van der Waals surface area contributed by atoms with Gasteiger partial charge in [0.15, 0.2) is 0 Å². The van der Waals surface area contributed by atoms with E-state index in [-0.39, 0.29) is 17.7 Å². The van der Waals surface area contributed by atoms with Crippen LogP contribution in [-0.4, -0.2) is 24.6 Å². The van der Waals surface area contributed by atoms with Crippen LogP contribution < -0.4 is 0 Å². The maximum absolute atomic E-state index is 11.7. The van der Waals surface area contributed by atoms with Crippen molar-refractivity contribution in [2.75, 3.05) is 6.61 Å². The Morgan fingerprint density at radius 2 is 2.10 bits per heavy atom. The molecule has 0 spiro atoms. The van der Waals surface area contributed by atoms with Crippen LogP contribution in [0.25, 0.3) is 0 Å². The number of hydrogen-bond acceptors (Lipinski definition) is 4. The molecule has 0 aromatic heterocycles. The summed E-state index contributed by atoms with van der Waals surface area (Å²) >= 11 is 0. The van der Waals surface area contributed by atoms with Crippen LogP contribution in [0.2, 0.25) is 0 Å². The minimum atomic E-state index is -0.328. The van der Waals surface area contributed by atoms with Crippen molar-refractivity contribution < 1.29 is 14.3 Å². The lowest BCUT2D eigenvalue weighted by Crippen LogP contribution is -2.19. The Hall–Kier alpha value is -1.97. The first-order chi connectivity index (χ1) is 9.70. The van der Waals surface area contributed by atoms with Crippen LogP contribution >= 0.6 is 0 Å². The lowest BCUT2D eigenvalue weighted by molar-refractivity contribution is -0.122. The van der Waals surface area contributed by atoms with Crippen molar-refractivity contribution in [2.24, 2.45) is 10.9 Å². The van der Waals surface area contributed by atoms with E-state index in [2.05, 4.69) is 4.99 Å². The summed E-state index contributed by atoms with van der Waals surface area (Å²) in [6.45, 7) is 2.14. The number of esters is 1. The molecule has 0 saturated heterocycles. The summed E-state index contributed by atoms with van der Waals surface area (Å²) in [4.78, 5) is 27.5. The maximum Gasteiger partial charge on any atom is 0.338 e. The molecular formula is C16H19NO3. The van der Waals surface area contributed by atoms with Crippen molar-refractivity contribution in [1.82, 2.24) is 0 Å². The smallest absolute Gasteiger partial charge is 0.338 e. The molecule has 2 rings (SSSR count). The monoisotopic (exact) mass is 273 g/mol. The first-order valence-corrected chi connectivity index (χ1v) is 7.05. The van der Waals surface area contributed by atoms with Gasteiger partial charge in [-0.15, -0.1) is 0 Å². The van der Waals surface area contributed by atoms with Crippen molar-refractivity contribution in [1.29, 1.82) is 0 Å². The summed E-state index contributed by atoms with van der Waals surface area (Å²) in [7, 11) is 0. The number of rotatable bonds is 4. The molecule has 0 unspecified atom stereocenters. The fourth-order valence-corrected chi connectivity index (χ4v) is 2.24. The molecule has 1 aromatic rings. The third kappa shape index (κ3) is 3.76. The highest BCUT2D eigenvalue weighted by molar-refractivity contribution is 5.96. The van der Waals surface area contributed by atoms with Gasteiger partial charge in [-0.05, 0) is 44.0 Å². The Morgan fingerprint density at radius 3 is 2.75 bits per heavy atom. The van der Waals surface area contributed by atoms with E-state index >= 15 is 0 Å². The number of carbonyl (C=O) groups is 2. The predicted molar refractivity (Wildman–Crippen MR) is 77.5 cm³/mol. The lowest BCUT2D eigenvalue weighted by Gasteiger charge is -2.15. The number of aliphatic imine (C=N–C) groups is 1. The SMILES string of the molecule is CCOC(=O)c1ccc(N=C[C@H]2CCCCC2=O)cc1. The Kier molecular flexibility index (Phi) is 5.04. The van der Waals surface area contributed by atoms with Gasteiger partial charge in [-0.25, -0.2) is 4.79 Å². The van der Waals surface area contributed by atoms with E-state index in [1.807, 2.05) is 0 Å². The minimum absolute atomic E-state index is 0.0477. The zero-order valence-corrected chi connectivity index (χ0v) is 11.7. The number of nitrogens with zero attached hydrogens (tertiary/aromatic N) is 1. The number of hydrogen-bond donors (Lipinski definition) is 0. The molecule has 106 valence electrons. The normalized spacial score (nSPS) is 19.2. The number of ketones is 1. The van der Waals surface area contributed by atoms with Crippen molar-refractivity contribution in [3.63, 3.8) is 0 Å². The molecule has 0 radical (unpaired) electrons. The standard InChI is InChI=1S/C16H19NO3/c1-2-20-16(19)12-7-9-14(10-8-12)17-11-13-5-3-4-6-15(13)18/h7-11,13H,2-6H2,1H3/t13-/m1/s1. The van der Waals surface area contributed by atoms with Crippen LogP contribution in [0.5, 0.6) is 0 Å². The van der Waals surface area contributed by atoms with E-state index in [9.17, 15) is 9.59 Å². The molecule has 0 N–H and O–H groups in total. The Labute approximate surface area is 118 Å². The molecule has 1 aromatic carbocycles. The summed E-state index contributed by atoms with van der Waals surface area (Å²) in [6.07, 6.45) is 5.38. The molecule has 1 atom stereocenters. The van der Waals surface area contributed by atoms with Crippen molar-refractivity contribution in [3.05, 3.63) is 29.8 Å². The molecule has 20 heavy (non-hydrogen) atoms. The van der Waals surface area contributed by atoms with Crippen LogP contribution in [0.1, 0.15) is 43.0 Å². The minimum Gasteiger partial charge on any atom is -0.462 e. The van der Waals surface area contributed by atoms with Crippen LogP contribution in [0, 0.1) is 5.92 Å². The van der Waals surface area contributed by atoms with Gasteiger partial charge in [0, 0.05) is 12.6 Å². The molecule has 4 heteroatoms. The highest BCUT2D eigenvalue weighted by Crippen LogP contribution is 2.20. The van der Waals surface area contributed by atoms with Gasteiger partial charge in [0.05, 0.1) is 23.8 Å². The van der Waals surface area contributed by atoms with E-state index in [1.54, 1.807) is 37.4 Å². The number of carbonyl (C=O) groups excluding carboxylic acids is 2.